The summed E-state index contributed by atoms with van der Waals surface area (Å²) in [6, 6.07) is 0. The van der Waals surface area contributed by atoms with Crippen LogP contribution in [-0.2, 0) is 9.59 Å². The number of aliphatic hydroxyl groups is 1. The van der Waals surface area contributed by atoms with Gasteiger partial charge in [-0.25, -0.2) is 0 Å². The molecule has 2 N–H and O–H groups in total. The smallest absolute Gasteiger partial charge is 0.242 e. The molecule has 82 valence electrons. The molecule has 0 unspecified atom stereocenters. The third kappa shape index (κ3) is 4.81. The van der Waals surface area contributed by atoms with Gasteiger partial charge in [0.1, 0.15) is 0 Å². The Morgan fingerprint density at radius 3 is 2.43 bits per heavy atom. The molecule has 14 heavy (non-hydrogen) atoms. The average Bonchev–Trinajstić information content (AvgIpc) is 2.21. The van der Waals surface area contributed by atoms with Crippen LogP contribution in [0.3, 0.4) is 0 Å². The van der Waals surface area contributed by atoms with Crippen molar-refractivity contribution in [2.45, 2.75) is 20.3 Å². The molecule has 2 amide bonds. The molecule has 0 saturated carbocycles. The Morgan fingerprint density at radius 1 is 1.36 bits per heavy atom. The maximum absolute atomic E-state index is 11.4. The van der Waals surface area contributed by atoms with E-state index in [1.807, 2.05) is 6.92 Å². The van der Waals surface area contributed by atoms with E-state index in [1.54, 1.807) is 6.92 Å². The molecule has 0 rings (SSSR count). The van der Waals surface area contributed by atoms with Gasteiger partial charge in [-0.05, 0) is 6.92 Å². The maximum Gasteiger partial charge on any atom is 0.242 e. The first-order chi connectivity index (χ1) is 6.65. The third-order valence-electron chi connectivity index (χ3n) is 1.86. The van der Waals surface area contributed by atoms with Gasteiger partial charge in [-0.1, -0.05) is 6.92 Å². The lowest BCUT2D eigenvalue weighted by molar-refractivity contribution is -0.133. The predicted molar refractivity (Wildman–Crippen MR) is 52.6 cm³/mol. The van der Waals surface area contributed by atoms with Crippen molar-refractivity contribution in [2.75, 3.05) is 26.2 Å². The highest BCUT2D eigenvalue weighted by atomic mass is 16.3. The summed E-state index contributed by atoms with van der Waals surface area (Å²) < 4.78 is 0. The second-order valence-electron chi connectivity index (χ2n) is 2.83. The molecule has 5 heteroatoms. The number of rotatable bonds is 6. The van der Waals surface area contributed by atoms with E-state index in [9.17, 15) is 9.59 Å². The molecule has 0 aromatic heterocycles. The number of hydrogen-bond acceptors (Lipinski definition) is 3. The summed E-state index contributed by atoms with van der Waals surface area (Å²) in [4.78, 5) is 23.7. The van der Waals surface area contributed by atoms with Crippen molar-refractivity contribution in [3.05, 3.63) is 0 Å². The Morgan fingerprint density at radius 2 is 2.00 bits per heavy atom. The van der Waals surface area contributed by atoms with Crippen LogP contribution in [0, 0.1) is 0 Å². The summed E-state index contributed by atoms with van der Waals surface area (Å²) in [6.45, 7) is 4.38. The summed E-state index contributed by atoms with van der Waals surface area (Å²) in [5.41, 5.74) is 0. The van der Waals surface area contributed by atoms with Gasteiger partial charge in [0, 0.05) is 19.5 Å². The summed E-state index contributed by atoms with van der Waals surface area (Å²) in [5, 5.41) is 11.2. The maximum atomic E-state index is 11.4. The zero-order chi connectivity index (χ0) is 11.0. The van der Waals surface area contributed by atoms with E-state index in [-0.39, 0.29) is 25.0 Å². The molecule has 0 spiro atoms. The monoisotopic (exact) mass is 202 g/mol. The van der Waals surface area contributed by atoms with Crippen LogP contribution in [0.15, 0.2) is 0 Å². The normalized spacial score (nSPS) is 9.64. The molecule has 0 aromatic rings. The SMILES string of the molecule is CCC(=O)NCC(=O)N(CC)CCO. The quantitative estimate of drug-likeness (QED) is 0.601. The standard InChI is InChI=1S/C9H18N2O3/c1-3-8(13)10-7-9(14)11(4-2)5-6-12/h12H,3-7H2,1-2H3,(H,10,13). The van der Waals surface area contributed by atoms with Crippen molar-refractivity contribution in [3.8, 4) is 0 Å². The largest absolute Gasteiger partial charge is 0.395 e. The fourth-order valence-corrected chi connectivity index (χ4v) is 0.991. The van der Waals surface area contributed by atoms with Gasteiger partial charge in [-0.15, -0.1) is 0 Å². The number of amides is 2. The van der Waals surface area contributed by atoms with Crippen LogP contribution < -0.4 is 5.32 Å². The van der Waals surface area contributed by atoms with Gasteiger partial charge in [-0.2, -0.15) is 0 Å². The Kier molecular flexibility index (Phi) is 6.74. The number of nitrogens with zero attached hydrogens (tertiary/aromatic N) is 1. The highest BCUT2D eigenvalue weighted by molar-refractivity contribution is 5.84. The molecule has 5 nitrogen and oxygen atoms in total. The van der Waals surface area contributed by atoms with Gasteiger partial charge in [0.15, 0.2) is 0 Å². The van der Waals surface area contributed by atoms with Gasteiger partial charge in [-0.3, -0.25) is 9.59 Å². The first-order valence-corrected chi connectivity index (χ1v) is 4.81. The first-order valence-electron chi connectivity index (χ1n) is 4.81. The molecular formula is C9H18N2O3. The lowest BCUT2D eigenvalue weighted by Crippen LogP contribution is -2.41. The molecule has 0 bridgehead atoms. The highest BCUT2D eigenvalue weighted by Crippen LogP contribution is 1.88. The predicted octanol–water partition coefficient (Wildman–Crippen LogP) is -0.647. The van der Waals surface area contributed by atoms with E-state index in [1.165, 1.54) is 4.90 Å². The van der Waals surface area contributed by atoms with E-state index < -0.39 is 0 Å². The average molecular weight is 202 g/mol. The van der Waals surface area contributed by atoms with Crippen LogP contribution in [0.4, 0.5) is 0 Å². The summed E-state index contributed by atoms with van der Waals surface area (Å²) in [7, 11) is 0. The van der Waals surface area contributed by atoms with Crippen molar-refractivity contribution >= 4 is 11.8 Å². The zero-order valence-electron chi connectivity index (χ0n) is 8.75. The number of carbonyl (C=O) groups excluding carboxylic acids is 2. The van der Waals surface area contributed by atoms with E-state index in [0.717, 1.165) is 0 Å². The van der Waals surface area contributed by atoms with Crippen molar-refractivity contribution in [3.63, 3.8) is 0 Å². The van der Waals surface area contributed by atoms with E-state index in [2.05, 4.69) is 5.32 Å². The topological polar surface area (TPSA) is 69.6 Å². The van der Waals surface area contributed by atoms with E-state index >= 15 is 0 Å². The first kappa shape index (κ1) is 12.9. The lowest BCUT2D eigenvalue weighted by Gasteiger charge is -2.19. The molecule has 0 aliphatic rings. The lowest BCUT2D eigenvalue weighted by atomic mass is 10.4. The number of nitrogens with one attached hydrogen (secondary N) is 1. The van der Waals surface area contributed by atoms with Crippen molar-refractivity contribution in [1.29, 1.82) is 0 Å². The second-order valence-corrected chi connectivity index (χ2v) is 2.83. The zero-order valence-corrected chi connectivity index (χ0v) is 8.75. The van der Waals surface area contributed by atoms with Crippen LogP contribution >= 0.6 is 0 Å². The fraction of sp³-hybridized carbons (Fsp3) is 0.778. The summed E-state index contributed by atoms with van der Waals surface area (Å²) >= 11 is 0. The fourth-order valence-electron chi connectivity index (χ4n) is 0.991. The summed E-state index contributed by atoms with van der Waals surface area (Å²) in [5.74, 6) is -0.304. The Balaban J connectivity index is 3.86. The molecule has 0 aliphatic heterocycles. The number of carbonyl (C=O) groups is 2. The third-order valence-corrected chi connectivity index (χ3v) is 1.86. The van der Waals surface area contributed by atoms with Gasteiger partial charge in [0.2, 0.25) is 11.8 Å². The van der Waals surface area contributed by atoms with Crippen molar-refractivity contribution in [2.24, 2.45) is 0 Å². The number of likely N-dealkylation sites (N-methyl/N-ethyl adjacent to an activating group) is 1. The Hall–Kier alpha value is -1.10. The molecule has 0 atom stereocenters. The van der Waals surface area contributed by atoms with Crippen LogP contribution in [0.2, 0.25) is 0 Å². The van der Waals surface area contributed by atoms with E-state index in [4.69, 9.17) is 5.11 Å². The van der Waals surface area contributed by atoms with Gasteiger partial charge < -0.3 is 15.3 Å². The molecular weight excluding hydrogens is 184 g/mol. The van der Waals surface area contributed by atoms with E-state index in [0.29, 0.717) is 19.5 Å². The molecule has 0 aromatic carbocycles. The Labute approximate surface area is 84.1 Å². The van der Waals surface area contributed by atoms with Crippen molar-refractivity contribution in [1.82, 2.24) is 10.2 Å². The molecule has 0 radical (unpaired) electrons. The van der Waals surface area contributed by atoms with Gasteiger partial charge in [0.25, 0.3) is 0 Å². The minimum absolute atomic E-state index is 0.0144. The number of hydrogen-bond donors (Lipinski definition) is 2. The minimum Gasteiger partial charge on any atom is -0.395 e. The van der Waals surface area contributed by atoms with Gasteiger partial charge >= 0.3 is 0 Å². The minimum atomic E-state index is -0.164. The molecule has 0 fully saturated rings. The van der Waals surface area contributed by atoms with Gasteiger partial charge in [0.05, 0.1) is 13.2 Å². The molecule has 0 heterocycles. The second kappa shape index (κ2) is 7.32. The highest BCUT2D eigenvalue weighted by Gasteiger charge is 2.10. The van der Waals surface area contributed by atoms with Crippen LogP contribution in [0.5, 0.6) is 0 Å². The Bertz CT molecular complexity index is 194. The van der Waals surface area contributed by atoms with Crippen LogP contribution in [0.1, 0.15) is 20.3 Å². The van der Waals surface area contributed by atoms with Crippen molar-refractivity contribution < 1.29 is 14.7 Å². The molecule has 0 aliphatic carbocycles. The van der Waals surface area contributed by atoms with Crippen LogP contribution in [-0.4, -0.2) is 48.1 Å². The summed E-state index contributed by atoms with van der Waals surface area (Å²) in [6.07, 6.45) is 0.374. The molecule has 0 saturated heterocycles. The number of aliphatic hydroxyl groups excluding tert-OH is 1. The van der Waals surface area contributed by atoms with Crippen LogP contribution in [0.25, 0.3) is 0 Å².